The second-order valence-corrected chi connectivity index (χ2v) is 4.88. The van der Waals surface area contributed by atoms with E-state index < -0.39 is 44.5 Å². The molecule has 0 fully saturated rings. The summed E-state index contributed by atoms with van der Waals surface area (Å²) in [6.45, 7) is -0.187. The molecule has 0 aliphatic carbocycles. The Kier molecular flexibility index (Phi) is 4.86. The van der Waals surface area contributed by atoms with Crippen molar-refractivity contribution in [3.63, 3.8) is 0 Å². The van der Waals surface area contributed by atoms with Crippen molar-refractivity contribution in [1.82, 2.24) is 0 Å². The maximum absolute atomic E-state index is 12.8. The van der Waals surface area contributed by atoms with Gasteiger partial charge in [-0.3, -0.25) is 20.2 Å². The van der Waals surface area contributed by atoms with E-state index in [9.17, 15) is 37.8 Å². The summed E-state index contributed by atoms with van der Waals surface area (Å²) in [5.74, 6) is -0.532. The number of benzene rings is 2. The Hall–Kier alpha value is -3.24. The van der Waals surface area contributed by atoms with Crippen LogP contribution in [0, 0.1) is 26.0 Å². The lowest BCUT2D eigenvalue weighted by molar-refractivity contribution is -0.392. The molecule has 0 amide bonds. The van der Waals surface area contributed by atoms with Crippen LogP contribution >= 0.6 is 0 Å². The zero-order chi connectivity index (χ0) is 18.8. The van der Waals surface area contributed by atoms with Crippen LogP contribution in [-0.2, 0) is 12.7 Å². The van der Waals surface area contributed by atoms with Crippen LogP contribution in [0.3, 0.4) is 0 Å². The van der Waals surface area contributed by atoms with Crippen LogP contribution in [0.5, 0.6) is 0 Å². The molecule has 0 saturated carbocycles. The summed E-state index contributed by atoms with van der Waals surface area (Å²) < 4.78 is 51.2. The number of halogens is 4. The molecule has 0 saturated heterocycles. The average molecular weight is 359 g/mol. The van der Waals surface area contributed by atoms with Gasteiger partial charge in [0.15, 0.2) is 5.69 Å². The standard InChI is InChI=1S/C14H9F4N3O4/c15-10-3-1-8(2-4-10)7-19-13-11(20(22)23)5-9(14(16,17)18)6-12(13)21(24)25/h1-6,19H,7H2. The van der Waals surface area contributed by atoms with Crippen LogP contribution in [0.2, 0.25) is 0 Å². The van der Waals surface area contributed by atoms with Gasteiger partial charge in [0.05, 0.1) is 15.4 Å². The maximum Gasteiger partial charge on any atom is 0.416 e. The van der Waals surface area contributed by atoms with Crippen molar-refractivity contribution in [3.8, 4) is 0 Å². The van der Waals surface area contributed by atoms with Crippen LogP contribution in [-0.4, -0.2) is 9.85 Å². The molecule has 7 nitrogen and oxygen atoms in total. The van der Waals surface area contributed by atoms with Gasteiger partial charge in [-0.25, -0.2) is 4.39 Å². The van der Waals surface area contributed by atoms with Crippen molar-refractivity contribution >= 4 is 17.1 Å². The molecule has 0 heterocycles. The summed E-state index contributed by atoms with van der Waals surface area (Å²) in [4.78, 5) is 19.8. The predicted molar refractivity (Wildman–Crippen MR) is 78.5 cm³/mol. The number of anilines is 1. The maximum atomic E-state index is 12.8. The van der Waals surface area contributed by atoms with Crippen LogP contribution in [0.25, 0.3) is 0 Å². The minimum Gasteiger partial charge on any atom is -0.370 e. The highest BCUT2D eigenvalue weighted by molar-refractivity contribution is 5.75. The highest BCUT2D eigenvalue weighted by Crippen LogP contribution is 2.41. The normalized spacial score (nSPS) is 11.2. The van der Waals surface area contributed by atoms with Crippen molar-refractivity contribution in [3.05, 3.63) is 73.6 Å². The zero-order valence-corrected chi connectivity index (χ0v) is 12.2. The van der Waals surface area contributed by atoms with Crippen molar-refractivity contribution in [2.75, 3.05) is 5.32 Å². The predicted octanol–water partition coefficient (Wildman–Crippen LogP) is 4.27. The lowest BCUT2D eigenvalue weighted by atomic mass is 10.1. The second-order valence-electron chi connectivity index (χ2n) is 4.88. The molecule has 2 aromatic rings. The lowest BCUT2D eigenvalue weighted by Gasteiger charge is -2.11. The molecule has 0 radical (unpaired) electrons. The van der Waals surface area contributed by atoms with Gasteiger partial charge in [0, 0.05) is 18.7 Å². The number of hydrogen-bond acceptors (Lipinski definition) is 5. The van der Waals surface area contributed by atoms with Crippen molar-refractivity contribution in [2.45, 2.75) is 12.7 Å². The van der Waals surface area contributed by atoms with E-state index in [1.165, 1.54) is 12.1 Å². The summed E-state index contributed by atoms with van der Waals surface area (Å²) in [7, 11) is 0. The fourth-order valence-corrected chi connectivity index (χ4v) is 2.04. The highest BCUT2D eigenvalue weighted by atomic mass is 19.4. The van der Waals surface area contributed by atoms with Gasteiger partial charge in [-0.15, -0.1) is 0 Å². The van der Waals surface area contributed by atoms with Gasteiger partial charge >= 0.3 is 6.18 Å². The number of alkyl halides is 3. The summed E-state index contributed by atoms with van der Waals surface area (Å²) in [6, 6.07) is 5.30. The first-order valence-electron chi connectivity index (χ1n) is 6.62. The van der Waals surface area contributed by atoms with Crippen molar-refractivity contribution < 1.29 is 27.4 Å². The number of nitro benzene ring substituents is 2. The average Bonchev–Trinajstić information content (AvgIpc) is 2.52. The summed E-state index contributed by atoms with van der Waals surface area (Å²) in [5, 5.41) is 24.5. The molecule has 0 aliphatic rings. The molecular formula is C14H9F4N3O4. The quantitative estimate of drug-likeness (QED) is 0.488. The lowest BCUT2D eigenvalue weighted by Crippen LogP contribution is -2.11. The van der Waals surface area contributed by atoms with E-state index in [-0.39, 0.29) is 18.7 Å². The number of nitro groups is 2. The molecule has 2 aromatic carbocycles. The van der Waals surface area contributed by atoms with E-state index in [0.717, 1.165) is 12.1 Å². The molecule has 0 spiro atoms. The third-order valence-corrected chi connectivity index (χ3v) is 3.20. The van der Waals surface area contributed by atoms with Crippen LogP contribution in [0.4, 0.5) is 34.6 Å². The Morgan fingerprint density at radius 1 is 0.960 bits per heavy atom. The molecule has 11 heteroatoms. The Morgan fingerprint density at radius 3 is 1.84 bits per heavy atom. The van der Waals surface area contributed by atoms with Crippen molar-refractivity contribution in [1.29, 1.82) is 0 Å². The van der Waals surface area contributed by atoms with E-state index in [1.807, 2.05) is 0 Å². The Morgan fingerprint density at radius 2 is 1.44 bits per heavy atom. The SMILES string of the molecule is O=[N+]([O-])c1cc(C(F)(F)F)cc([N+](=O)[O-])c1NCc1ccc(F)cc1. The molecule has 0 aromatic heterocycles. The first-order valence-corrected chi connectivity index (χ1v) is 6.62. The summed E-state index contributed by atoms with van der Waals surface area (Å²) in [5.41, 5.74) is -3.90. The number of rotatable bonds is 5. The minimum absolute atomic E-state index is 0.187. The third-order valence-electron chi connectivity index (χ3n) is 3.20. The molecule has 2 rings (SSSR count). The Balaban J connectivity index is 2.48. The zero-order valence-electron chi connectivity index (χ0n) is 12.2. The van der Waals surface area contributed by atoms with E-state index >= 15 is 0 Å². The highest BCUT2D eigenvalue weighted by Gasteiger charge is 2.37. The molecule has 1 N–H and O–H groups in total. The van der Waals surface area contributed by atoms with E-state index in [0.29, 0.717) is 5.56 Å². The molecule has 0 unspecified atom stereocenters. The number of nitrogens with one attached hydrogen (secondary N) is 1. The first kappa shape index (κ1) is 18.1. The minimum atomic E-state index is -4.98. The van der Waals surface area contributed by atoms with Gasteiger partial charge in [0.25, 0.3) is 11.4 Å². The molecule has 0 bridgehead atoms. The van der Waals surface area contributed by atoms with Gasteiger partial charge < -0.3 is 5.32 Å². The second kappa shape index (κ2) is 6.71. The van der Waals surface area contributed by atoms with Gasteiger partial charge in [-0.1, -0.05) is 12.1 Å². The third kappa shape index (κ3) is 4.19. The van der Waals surface area contributed by atoms with Crippen LogP contribution in [0.1, 0.15) is 11.1 Å². The largest absolute Gasteiger partial charge is 0.416 e. The molecule has 0 atom stereocenters. The van der Waals surface area contributed by atoms with Gasteiger partial charge in [0.2, 0.25) is 0 Å². The molecular weight excluding hydrogens is 350 g/mol. The van der Waals surface area contributed by atoms with Crippen molar-refractivity contribution in [2.24, 2.45) is 0 Å². The van der Waals surface area contributed by atoms with Gasteiger partial charge in [-0.05, 0) is 17.7 Å². The monoisotopic (exact) mass is 359 g/mol. The molecule has 0 aliphatic heterocycles. The Bertz CT molecular complexity index is 787. The fourth-order valence-electron chi connectivity index (χ4n) is 2.04. The summed E-state index contributed by atoms with van der Waals surface area (Å²) >= 11 is 0. The summed E-state index contributed by atoms with van der Waals surface area (Å²) in [6.07, 6.45) is -4.98. The van der Waals surface area contributed by atoms with E-state index in [1.54, 1.807) is 0 Å². The topological polar surface area (TPSA) is 98.3 Å². The van der Waals surface area contributed by atoms with Crippen LogP contribution < -0.4 is 5.32 Å². The van der Waals surface area contributed by atoms with Crippen LogP contribution in [0.15, 0.2) is 36.4 Å². The fraction of sp³-hybridized carbons (Fsp3) is 0.143. The molecule has 25 heavy (non-hydrogen) atoms. The van der Waals surface area contributed by atoms with Gasteiger partial charge in [-0.2, -0.15) is 13.2 Å². The first-order chi connectivity index (χ1) is 11.6. The Labute approximate surface area is 137 Å². The van der Waals surface area contributed by atoms with Gasteiger partial charge in [0.1, 0.15) is 5.82 Å². The number of hydrogen-bond donors (Lipinski definition) is 1. The molecule has 132 valence electrons. The number of nitrogens with zero attached hydrogens (tertiary/aromatic N) is 2. The van der Waals surface area contributed by atoms with E-state index in [2.05, 4.69) is 5.32 Å². The van der Waals surface area contributed by atoms with E-state index in [4.69, 9.17) is 0 Å². The smallest absolute Gasteiger partial charge is 0.370 e.